The average Bonchev–Trinajstić information content (AvgIpc) is 3.07. The Morgan fingerprint density at radius 2 is 1.90 bits per heavy atom. The van der Waals surface area contributed by atoms with Crippen LogP contribution in [0.5, 0.6) is 0 Å². The Morgan fingerprint density at radius 1 is 1.19 bits per heavy atom. The number of nitrogens with one attached hydrogen (secondary N) is 1. The van der Waals surface area contributed by atoms with Gasteiger partial charge >= 0.3 is 17.9 Å². The van der Waals surface area contributed by atoms with E-state index in [0.717, 1.165) is 16.6 Å². The third kappa shape index (κ3) is 5.65. The number of amides is 2. The fourth-order valence-corrected chi connectivity index (χ4v) is 3.41. The highest BCUT2D eigenvalue weighted by Gasteiger charge is 2.30. The van der Waals surface area contributed by atoms with Gasteiger partial charge in [-0.3, -0.25) is 4.79 Å². The minimum Gasteiger partial charge on any atom is -0.444 e. The van der Waals surface area contributed by atoms with Crippen molar-refractivity contribution in [2.24, 2.45) is 0 Å². The van der Waals surface area contributed by atoms with E-state index in [4.69, 9.17) is 9.15 Å². The molecule has 8 nitrogen and oxygen atoms in total. The number of carbonyl (C=O) groups is 2. The van der Waals surface area contributed by atoms with Gasteiger partial charge in [-0.1, -0.05) is 44.4 Å². The van der Waals surface area contributed by atoms with E-state index in [1.54, 1.807) is 4.90 Å². The minimum atomic E-state index is -0.574. The summed E-state index contributed by atoms with van der Waals surface area (Å²) in [5.41, 5.74) is 2.12. The van der Waals surface area contributed by atoms with E-state index in [1.807, 2.05) is 67.6 Å². The number of hydrogen-bond acceptors (Lipinski definition) is 6. The Morgan fingerprint density at radius 3 is 2.52 bits per heavy atom. The predicted octanol–water partition coefficient (Wildman–Crippen LogP) is 2.24. The van der Waals surface area contributed by atoms with Crippen LogP contribution in [-0.2, 0) is 16.7 Å². The second kappa shape index (κ2) is 8.36. The largest absolute Gasteiger partial charge is 0.444 e. The number of ether oxygens (including phenoxy) is 1. The number of nitrogens with zero attached hydrogens (tertiary/aromatic N) is 3. The molecule has 3 rings (SSSR count). The van der Waals surface area contributed by atoms with E-state index in [9.17, 15) is 9.59 Å². The van der Waals surface area contributed by atoms with Gasteiger partial charge in [0, 0.05) is 18.5 Å². The summed E-state index contributed by atoms with van der Waals surface area (Å²) in [5, 5.41) is 10.9. The van der Waals surface area contributed by atoms with Gasteiger partial charge in [0.1, 0.15) is 13.4 Å². The molecule has 1 aliphatic heterocycles. The Hall–Kier alpha value is -2.84. The topological polar surface area (TPSA) is 97.6 Å². The molecule has 1 N–H and O–H groups in total. The Balaban J connectivity index is 1.82. The molecule has 0 saturated carbocycles. The number of hydrogen-bond donors (Lipinski definition) is 1. The van der Waals surface area contributed by atoms with Crippen molar-refractivity contribution in [3.05, 3.63) is 41.1 Å². The number of benzene rings is 1. The smallest absolute Gasteiger partial charge is 0.410 e. The maximum Gasteiger partial charge on any atom is 0.410 e. The van der Waals surface area contributed by atoms with Crippen LogP contribution >= 0.6 is 0 Å². The molecule has 1 aromatic heterocycles. The third-order valence-corrected chi connectivity index (χ3v) is 4.94. The zero-order chi connectivity index (χ0) is 23.0. The standard InChI is InChI=1S/C22H31BN4O4/c1-21(2,3)19-26-25-18(30-19)17(28)24-16-9-10-27(20(29)31-22(4,5)6)12-13-11-14(23)7-8-15(13)16/h7-8,11,16H,9-10,12,23H2,1-6H3,(H,24,28). The molecular formula is C22H31BN4O4. The molecule has 31 heavy (non-hydrogen) atoms. The van der Waals surface area contributed by atoms with Gasteiger partial charge in [0.2, 0.25) is 5.89 Å². The van der Waals surface area contributed by atoms with Crippen LogP contribution in [0.4, 0.5) is 4.79 Å². The van der Waals surface area contributed by atoms with Crippen LogP contribution in [0.25, 0.3) is 0 Å². The fraction of sp³-hybridized carbons (Fsp3) is 0.545. The van der Waals surface area contributed by atoms with E-state index in [0.29, 0.717) is 25.4 Å². The van der Waals surface area contributed by atoms with Crippen LogP contribution in [0, 0.1) is 0 Å². The number of fused-ring (bicyclic) bond motifs is 1. The molecule has 1 atom stereocenters. The molecule has 166 valence electrons. The zero-order valence-corrected chi connectivity index (χ0v) is 19.4. The highest BCUT2D eigenvalue weighted by Crippen LogP contribution is 2.28. The first kappa shape index (κ1) is 22.8. The average molecular weight is 426 g/mol. The summed E-state index contributed by atoms with van der Waals surface area (Å²) >= 11 is 0. The molecule has 2 amide bonds. The van der Waals surface area contributed by atoms with Crippen molar-refractivity contribution in [3.63, 3.8) is 0 Å². The van der Waals surface area contributed by atoms with Crippen molar-refractivity contribution >= 4 is 25.3 Å². The molecule has 2 aromatic rings. The molecule has 0 radical (unpaired) electrons. The summed E-state index contributed by atoms with van der Waals surface area (Å²) in [6, 6.07) is 5.76. The van der Waals surface area contributed by atoms with Gasteiger partial charge < -0.3 is 19.4 Å². The lowest BCUT2D eigenvalue weighted by Gasteiger charge is -2.26. The summed E-state index contributed by atoms with van der Waals surface area (Å²) in [6.45, 7) is 12.2. The van der Waals surface area contributed by atoms with Crippen LogP contribution in [0.2, 0.25) is 0 Å². The van der Waals surface area contributed by atoms with E-state index in [1.165, 1.54) is 0 Å². The Kier molecular flexibility index (Phi) is 6.16. The van der Waals surface area contributed by atoms with Gasteiger partial charge in [0.15, 0.2) is 0 Å². The van der Waals surface area contributed by atoms with E-state index in [2.05, 4.69) is 15.5 Å². The minimum absolute atomic E-state index is 0.0631. The quantitative estimate of drug-likeness (QED) is 0.740. The molecule has 0 aliphatic carbocycles. The molecule has 1 aromatic carbocycles. The molecule has 0 spiro atoms. The van der Waals surface area contributed by atoms with Crippen molar-refractivity contribution in [1.29, 1.82) is 0 Å². The molecule has 0 fully saturated rings. The molecule has 0 bridgehead atoms. The van der Waals surface area contributed by atoms with Crippen molar-refractivity contribution in [2.45, 2.75) is 71.6 Å². The molecule has 9 heteroatoms. The van der Waals surface area contributed by atoms with Crippen LogP contribution in [-0.4, -0.2) is 47.1 Å². The maximum absolute atomic E-state index is 12.8. The second-order valence-electron chi connectivity index (χ2n) is 10.1. The highest BCUT2D eigenvalue weighted by atomic mass is 16.6. The Labute approximate surface area is 184 Å². The summed E-state index contributed by atoms with van der Waals surface area (Å²) < 4.78 is 11.1. The lowest BCUT2D eigenvalue weighted by molar-refractivity contribution is 0.0234. The van der Waals surface area contributed by atoms with Gasteiger partial charge in [-0.25, -0.2) is 4.79 Å². The Bertz CT molecular complexity index is 975. The summed E-state index contributed by atoms with van der Waals surface area (Å²) in [6.07, 6.45) is 0.181. The lowest BCUT2D eigenvalue weighted by Crippen LogP contribution is -2.37. The van der Waals surface area contributed by atoms with E-state index < -0.39 is 11.5 Å². The van der Waals surface area contributed by atoms with Crippen LogP contribution in [0.3, 0.4) is 0 Å². The molecule has 2 heterocycles. The zero-order valence-electron chi connectivity index (χ0n) is 19.4. The van der Waals surface area contributed by atoms with Gasteiger partial charge in [0.05, 0.1) is 6.04 Å². The van der Waals surface area contributed by atoms with Gasteiger partial charge in [-0.15, -0.1) is 10.2 Å². The summed E-state index contributed by atoms with van der Waals surface area (Å²) in [7, 11) is 2.00. The monoisotopic (exact) mass is 426 g/mol. The first-order valence-corrected chi connectivity index (χ1v) is 10.6. The van der Waals surface area contributed by atoms with Crippen molar-refractivity contribution in [1.82, 2.24) is 20.4 Å². The summed E-state index contributed by atoms with van der Waals surface area (Å²) in [4.78, 5) is 27.2. The van der Waals surface area contributed by atoms with E-state index >= 15 is 0 Å². The maximum atomic E-state index is 12.8. The number of carbonyl (C=O) groups excluding carboxylic acids is 2. The molecule has 1 aliphatic rings. The second-order valence-corrected chi connectivity index (χ2v) is 10.1. The summed E-state index contributed by atoms with van der Waals surface area (Å²) in [5.74, 6) is -0.0808. The van der Waals surface area contributed by atoms with Gasteiger partial charge in [-0.2, -0.15) is 0 Å². The van der Waals surface area contributed by atoms with Crippen molar-refractivity contribution in [3.8, 4) is 0 Å². The molecule has 0 saturated heterocycles. The predicted molar refractivity (Wildman–Crippen MR) is 119 cm³/mol. The van der Waals surface area contributed by atoms with Crippen LogP contribution in [0.1, 0.15) is 81.7 Å². The highest BCUT2D eigenvalue weighted by molar-refractivity contribution is 6.32. The molecule has 1 unspecified atom stereocenters. The number of aromatic nitrogens is 2. The normalized spacial score (nSPS) is 17.0. The van der Waals surface area contributed by atoms with Gasteiger partial charge in [0.25, 0.3) is 0 Å². The fourth-order valence-electron chi connectivity index (χ4n) is 3.41. The van der Waals surface area contributed by atoms with Crippen LogP contribution in [0.15, 0.2) is 22.6 Å². The van der Waals surface area contributed by atoms with Gasteiger partial charge in [-0.05, 0) is 38.3 Å². The number of rotatable bonds is 2. The van der Waals surface area contributed by atoms with Crippen molar-refractivity contribution < 1.29 is 18.7 Å². The van der Waals surface area contributed by atoms with Crippen LogP contribution < -0.4 is 10.8 Å². The first-order chi connectivity index (χ1) is 14.3. The van der Waals surface area contributed by atoms with E-state index in [-0.39, 0.29) is 23.4 Å². The molecular weight excluding hydrogens is 395 g/mol. The first-order valence-electron chi connectivity index (χ1n) is 10.6. The van der Waals surface area contributed by atoms with Crippen molar-refractivity contribution in [2.75, 3.05) is 6.54 Å². The lowest BCUT2D eigenvalue weighted by atomic mass is 9.89. The SMILES string of the molecule is Bc1ccc2c(c1)CN(C(=O)OC(C)(C)C)CCC2NC(=O)c1nnc(C(C)(C)C)o1. The third-order valence-electron chi connectivity index (χ3n) is 4.94.